The lowest BCUT2D eigenvalue weighted by Crippen LogP contribution is -1.93. The molecule has 0 spiro atoms. The molecule has 172 valence electrons. The molecule has 4 nitrogen and oxygen atoms in total. The number of para-hydroxylation sites is 2. The summed E-state index contributed by atoms with van der Waals surface area (Å²) in [5, 5.41) is 6.25. The van der Waals surface area contributed by atoms with Crippen molar-refractivity contribution in [2.24, 2.45) is 0 Å². The normalized spacial score (nSPS) is 12.8. The Morgan fingerprint density at radius 3 is 2.49 bits per heavy atom. The molecule has 0 unspecified atom stereocenters. The number of hydrogen-bond donors (Lipinski definition) is 0. The fourth-order valence-corrected chi connectivity index (χ4v) is 6.55. The standard InChI is InChI=1S/C33H20N4/c1-2-6-22(7-3-1)37-28-9-5-4-8-24(28)32-29(37)11-10-20-16-21-17-27-26(18-25(21)31(20)32)23-12-13-34-19-30(23)36-15-14-35-33(27)36/h1-15,17-19H,16H2. The van der Waals surface area contributed by atoms with E-state index in [-0.39, 0.29) is 0 Å². The van der Waals surface area contributed by atoms with Crippen molar-refractivity contribution >= 4 is 49.1 Å². The fraction of sp³-hybridized carbons (Fsp3) is 0.0303. The molecule has 0 amide bonds. The summed E-state index contributed by atoms with van der Waals surface area (Å²) in [6, 6.07) is 31.0. The molecule has 0 N–H and O–H groups in total. The van der Waals surface area contributed by atoms with Crippen LogP contribution in [0.2, 0.25) is 0 Å². The Kier molecular flexibility index (Phi) is 3.55. The minimum atomic E-state index is 0.933. The van der Waals surface area contributed by atoms with E-state index in [9.17, 15) is 0 Å². The maximum absolute atomic E-state index is 4.73. The lowest BCUT2D eigenvalue weighted by molar-refractivity contribution is 1.18. The number of fused-ring (bicyclic) bond motifs is 13. The molecule has 0 fully saturated rings. The summed E-state index contributed by atoms with van der Waals surface area (Å²) in [4.78, 5) is 9.14. The number of aromatic nitrogens is 4. The van der Waals surface area contributed by atoms with Gasteiger partial charge in [-0.2, -0.15) is 0 Å². The molecule has 1 aliphatic carbocycles. The van der Waals surface area contributed by atoms with Crippen LogP contribution in [-0.4, -0.2) is 18.9 Å². The smallest absolute Gasteiger partial charge is 0.145 e. The Bertz CT molecular complexity index is 2220. The van der Waals surface area contributed by atoms with Gasteiger partial charge in [0.2, 0.25) is 0 Å². The van der Waals surface area contributed by atoms with E-state index in [0.717, 1.165) is 17.6 Å². The Labute approximate surface area is 212 Å². The van der Waals surface area contributed by atoms with Crippen molar-refractivity contribution in [2.45, 2.75) is 6.42 Å². The quantitative estimate of drug-likeness (QED) is 0.229. The third kappa shape index (κ3) is 2.42. The molecule has 4 heterocycles. The van der Waals surface area contributed by atoms with Crippen LogP contribution in [0.25, 0.3) is 65.9 Å². The average molecular weight is 473 g/mol. The highest BCUT2D eigenvalue weighted by Gasteiger charge is 2.26. The number of rotatable bonds is 1. The molecule has 37 heavy (non-hydrogen) atoms. The van der Waals surface area contributed by atoms with E-state index in [1.165, 1.54) is 65.9 Å². The molecular weight excluding hydrogens is 452 g/mol. The van der Waals surface area contributed by atoms with E-state index in [0.29, 0.717) is 0 Å². The van der Waals surface area contributed by atoms with Crippen molar-refractivity contribution in [2.75, 3.05) is 0 Å². The number of pyridine rings is 2. The van der Waals surface area contributed by atoms with Gasteiger partial charge in [-0.05, 0) is 76.5 Å². The maximum Gasteiger partial charge on any atom is 0.145 e. The lowest BCUT2D eigenvalue weighted by Gasteiger charge is -2.11. The van der Waals surface area contributed by atoms with Gasteiger partial charge in [-0.25, -0.2) is 4.98 Å². The summed E-state index contributed by atoms with van der Waals surface area (Å²) in [6.45, 7) is 0. The van der Waals surface area contributed by atoms with E-state index in [1.807, 2.05) is 24.8 Å². The van der Waals surface area contributed by atoms with Crippen LogP contribution in [0, 0.1) is 0 Å². The molecule has 9 rings (SSSR count). The monoisotopic (exact) mass is 472 g/mol. The number of hydrogen-bond acceptors (Lipinski definition) is 2. The van der Waals surface area contributed by atoms with Crippen molar-refractivity contribution in [3.63, 3.8) is 0 Å². The third-order valence-electron chi connectivity index (χ3n) is 8.06. The zero-order chi connectivity index (χ0) is 24.1. The number of nitrogens with zero attached hydrogens (tertiary/aromatic N) is 4. The van der Waals surface area contributed by atoms with Crippen molar-refractivity contribution < 1.29 is 0 Å². The first kappa shape index (κ1) is 19.3. The fourth-order valence-electron chi connectivity index (χ4n) is 6.55. The highest BCUT2D eigenvalue weighted by molar-refractivity contribution is 6.19. The van der Waals surface area contributed by atoms with Gasteiger partial charge in [0, 0.05) is 45.8 Å². The number of imidazole rings is 1. The zero-order valence-electron chi connectivity index (χ0n) is 19.9. The predicted octanol–water partition coefficient (Wildman–Crippen LogP) is 7.70. The lowest BCUT2D eigenvalue weighted by atomic mass is 9.96. The van der Waals surface area contributed by atoms with Crippen LogP contribution in [0.3, 0.4) is 0 Å². The van der Waals surface area contributed by atoms with Gasteiger partial charge in [0.1, 0.15) is 5.65 Å². The van der Waals surface area contributed by atoms with Gasteiger partial charge in [-0.1, -0.05) is 42.5 Å². The van der Waals surface area contributed by atoms with E-state index < -0.39 is 0 Å². The summed E-state index contributed by atoms with van der Waals surface area (Å²) in [5.41, 5.74) is 11.2. The second-order valence-corrected chi connectivity index (χ2v) is 9.93. The molecule has 1 aliphatic rings. The van der Waals surface area contributed by atoms with Gasteiger partial charge in [0.25, 0.3) is 0 Å². The minimum absolute atomic E-state index is 0.933. The van der Waals surface area contributed by atoms with Crippen LogP contribution in [0.5, 0.6) is 0 Å². The first-order valence-electron chi connectivity index (χ1n) is 12.6. The van der Waals surface area contributed by atoms with Crippen molar-refractivity contribution in [1.29, 1.82) is 0 Å². The van der Waals surface area contributed by atoms with Crippen LogP contribution >= 0.6 is 0 Å². The first-order chi connectivity index (χ1) is 18.4. The van der Waals surface area contributed by atoms with Crippen LogP contribution in [0.15, 0.2) is 110 Å². The topological polar surface area (TPSA) is 35.1 Å². The predicted molar refractivity (Wildman–Crippen MR) is 151 cm³/mol. The molecule has 0 aliphatic heterocycles. The summed E-state index contributed by atoms with van der Waals surface area (Å²) in [7, 11) is 0. The van der Waals surface area contributed by atoms with Crippen molar-refractivity contribution in [3.8, 4) is 16.8 Å². The Morgan fingerprint density at radius 1 is 0.649 bits per heavy atom. The van der Waals surface area contributed by atoms with Gasteiger partial charge in [0.15, 0.2) is 0 Å². The van der Waals surface area contributed by atoms with E-state index in [1.54, 1.807) is 0 Å². The molecule has 8 aromatic rings. The second-order valence-electron chi connectivity index (χ2n) is 9.93. The molecule has 4 aromatic carbocycles. The van der Waals surface area contributed by atoms with Gasteiger partial charge in [0.05, 0.1) is 22.7 Å². The van der Waals surface area contributed by atoms with Gasteiger partial charge >= 0.3 is 0 Å². The molecule has 0 saturated heterocycles. The number of benzene rings is 4. The second kappa shape index (κ2) is 6.83. The molecule has 0 saturated carbocycles. The Balaban J connectivity index is 1.44. The van der Waals surface area contributed by atoms with Crippen LogP contribution in [0.1, 0.15) is 11.1 Å². The van der Waals surface area contributed by atoms with Crippen LogP contribution < -0.4 is 0 Å². The van der Waals surface area contributed by atoms with E-state index >= 15 is 0 Å². The SMILES string of the molecule is c1ccc(-n2c3ccccc3c3c4c(ccc32)Cc2cc3c(cc2-4)c2ccncc2n2ccnc32)cc1. The van der Waals surface area contributed by atoms with E-state index in [2.05, 4.69) is 98.9 Å². The maximum atomic E-state index is 4.73. The molecular formula is C33H20N4. The summed E-state index contributed by atoms with van der Waals surface area (Å²) in [6.07, 6.45) is 8.67. The zero-order valence-corrected chi connectivity index (χ0v) is 19.9. The average Bonchev–Trinajstić information content (AvgIpc) is 3.66. The Morgan fingerprint density at radius 2 is 1.54 bits per heavy atom. The first-order valence-corrected chi connectivity index (χ1v) is 12.6. The summed E-state index contributed by atoms with van der Waals surface area (Å²) >= 11 is 0. The van der Waals surface area contributed by atoms with Gasteiger partial charge in [-0.3, -0.25) is 9.38 Å². The summed E-state index contributed by atoms with van der Waals surface area (Å²) in [5.74, 6) is 0. The van der Waals surface area contributed by atoms with Gasteiger partial charge < -0.3 is 4.57 Å². The molecule has 0 bridgehead atoms. The highest BCUT2D eigenvalue weighted by Crippen LogP contribution is 2.47. The molecule has 0 atom stereocenters. The van der Waals surface area contributed by atoms with E-state index in [4.69, 9.17) is 4.98 Å². The Hall–Kier alpha value is -4.96. The van der Waals surface area contributed by atoms with Crippen molar-refractivity contribution in [1.82, 2.24) is 18.9 Å². The molecule has 0 radical (unpaired) electrons. The minimum Gasteiger partial charge on any atom is -0.309 e. The van der Waals surface area contributed by atoms with Crippen LogP contribution in [0.4, 0.5) is 0 Å². The van der Waals surface area contributed by atoms with Crippen molar-refractivity contribution in [3.05, 3.63) is 121 Å². The van der Waals surface area contributed by atoms with Crippen LogP contribution in [-0.2, 0) is 6.42 Å². The van der Waals surface area contributed by atoms with Gasteiger partial charge in [-0.15, -0.1) is 0 Å². The molecule has 4 heteroatoms. The molecule has 4 aromatic heterocycles. The third-order valence-corrected chi connectivity index (χ3v) is 8.06. The highest BCUT2D eigenvalue weighted by atomic mass is 15.0. The summed E-state index contributed by atoms with van der Waals surface area (Å²) < 4.78 is 4.56. The largest absolute Gasteiger partial charge is 0.309 e.